The molecule has 0 spiro atoms. The van der Waals surface area contributed by atoms with E-state index < -0.39 is 0 Å². The Kier molecular flexibility index (Phi) is 3.06. The zero-order valence-corrected chi connectivity index (χ0v) is 11.5. The zero-order valence-electron chi connectivity index (χ0n) is 10.7. The molecule has 0 bridgehead atoms. The Hall–Kier alpha value is -2.49. The predicted octanol–water partition coefficient (Wildman–Crippen LogP) is 0.289. The van der Waals surface area contributed by atoms with Crippen molar-refractivity contribution in [3.8, 4) is 17.4 Å². The minimum absolute atomic E-state index is 0.217. The van der Waals surface area contributed by atoms with E-state index in [9.17, 15) is 0 Å². The van der Waals surface area contributed by atoms with Crippen molar-refractivity contribution in [2.75, 3.05) is 19.1 Å². The number of nitrogen functional groups attached to an aromatic ring is 1. The molecule has 0 atom stereocenters. The van der Waals surface area contributed by atoms with Crippen molar-refractivity contribution in [2.24, 2.45) is 0 Å². The molecule has 102 valence electrons. The molecule has 9 nitrogen and oxygen atoms in total. The number of nitrogens with zero attached hydrogens (tertiary/aromatic N) is 7. The Morgan fingerprint density at radius 1 is 1.20 bits per heavy atom. The second kappa shape index (κ2) is 4.89. The molecule has 3 aromatic heterocycles. The lowest BCUT2D eigenvalue weighted by Gasteiger charge is -1.98. The van der Waals surface area contributed by atoms with Crippen LogP contribution in [0.15, 0.2) is 17.6 Å². The van der Waals surface area contributed by atoms with Crippen LogP contribution in [-0.4, -0.2) is 47.9 Å². The van der Waals surface area contributed by atoms with E-state index in [-0.39, 0.29) is 5.95 Å². The number of methoxy groups -OCH3 is 1. The van der Waals surface area contributed by atoms with E-state index in [4.69, 9.17) is 10.5 Å². The minimum atomic E-state index is 0.217. The number of fused-ring (bicyclic) bond motifs is 1. The van der Waals surface area contributed by atoms with Gasteiger partial charge in [-0.05, 0) is 6.26 Å². The first-order valence-electron chi connectivity index (χ1n) is 5.52. The standard InChI is InChI=1S/C10H10N8OS/c1-19-6-4-12-3-5(13-6)7-14-9-16-10(20-2)15-8(11)18(9)17-7/h3-4H,1-2H3,(H2,11,14,15,16,17). The topological polar surface area (TPSA) is 117 Å². The summed E-state index contributed by atoms with van der Waals surface area (Å²) in [6.45, 7) is 0. The van der Waals surface area contributed by atoms with Crippen molar-refractivity contribution in [1.82, 2.24) is 34.5 Å². The van der Waals surface area contributed by atoms with Crippen molar-refractivity contribution in [2.45, 2.75) is 5.16 Å². The lowest BCUT2D eigenvalue weighted by molar-refractivity contribution is 0.396. The predicted molar refractivity (Wildman–Crippen MR) is 72.3 cm³/mol. The Morgan fingerprint density at radius 3 is 2.80 bits per heavy atom. The van der Waals surface area contributed by atoms with Gasteiger partial charge in [0, 0.05) is 0 Å². The normalized spacial score (nSPS) is 10.9. The second-order valence-corrected chi connectivity index (χ2v) is 4.44. The van der Waals surface area contributed by atoms with Gasteiger partial charge in [-0.25, -0.2) is 4.98 Å². The number of nitrogens with two attached hydrogens (primary N) is 1. The first kappa shape index (κ1) is 12.5. The molecule has 0 aromatic carbocycles. The lowest BCUT2D eigenvalue weighted by Crippen LogP contribution is -2.04. The first-order valence-corrected chi connectivity index (χ1v) is 6.74. The molecule has 0 saturated heterocycles. The van der Waals surface area contributed by atoms with Crippen LogP contribution in [-0.2, 0) is 0 Å². The van der Waals surface area contributed by atoms with Gasteiger partial charge in [-0.3, -0.25) is 4.98 Å². The molecule has 0 aliphatic carbocycles. The Morgan fingerprint density at radius 2 is 2.05 bits per heavy atom. The molecule has 0 aliphatic heterocycles. The summed E-state index contributed by atoms with van der Waals surface area (Å²) in [4.78, 5) is 20.8. The molecule has 0 fully saturated rings. The quantitative estimate of drug-likeness (QED) is 0.679. The van der Waals surface area contributed by atoms with E-state index in [2.05, 4.69) is 30.0 Å². The number of rotatable bonds is 3. The molecule has 20 heavy (non-hydrogen) atoms. The van der Waals surface area contributed by atoms with E-state index in [1.54, 1.807) is 0 Å². The van der Waals surface area contributed by atoms with Crippen LogP contribution < -0.4 is 10.5 Å². The van der Waals surface area contributed by atoms with E-state index >= 15 is 0 Å². The lowest BCUT2D eigenvalue weighted by atomic mass is 10.4. The molecule has 0 radical (unpaired) electrons. The molecule has 0 saturated carbocycles. The maximum atomic E-state index is 5.82. The highest BCUT2D eigenvalue weighted by Crippen LogP contribution is 2.17. The van der Waals surface area contributed by atoms with Crippen LogP contribution in [0.3, 0.4) is 0 Å². The van der Waals surface area contributed by atoms with E-state index in [0.717, 1.165) is 0 Å². The molecule has 2 N–H and O–H groups in total. The van der Waals surface area contributed by atoms with Gasteiger partial charge in [-0.15, -0.1) is 5.10 Å². The van der Waals surface area contributed by atoms with Gasteiger partial charge in [0.1, 0.15) is 5.69 Å². The van der Waals surface area contributed by atoms with Gasteiger partial charge >= 0.3 is 0 Å². The monoisotopic (exact) mass is 290 g/mol. The average molecular weight is 290 g/mol. The highest BCUT2D eigenvalue weighted by molar-refractivity contribution is 7.98. The number of thioether (sulfide) groups is 1. The molecule has 3 aromatic rings. The van der Waals surface area contributed by atoms with Crippen molar-refractivity contribution in [1.29, 1.82) is 0 Å². The molecular formula is C10H10N8OS. The maximum Gasteiger partial charge on any atom is 0.258 e. The van der Waals surface area contributed by atoms with Crippen LogP contribution in [0.5, 0.6) is 5.88 Å². The fourth-order valence-corrected chi connectivity index (χ4v) is 1.90. The van der Waals surface area contributed by atoms with Gasteiger partial charge in [-0.2, -0.15) is 19.5 Å². The van der Waals surface area contributed by atoms with Crippen molar-refractivity contribution in [3.05, 3.63) is 12.4 Å². The van der Waals surface area contributed by atoms with Gasteiger partial charge in [0.2, 0.25) is 17.7 Å². The Balaban J connectivity index is 2.14. The third-order valence-electron chi connectivity index (χ3n) is 2.45. The summed E-state index contributed by atoms with van der Waals surface area (Å²) in [5, 5.41) is 4.75. The van der Waals surface area contributed by atoms with E-state index in [1.165, 1.54) is 35.8 Å². The van der Waals surface area contributed by atoms with Crippen LogP contribution in [0.25, 0.3) is 17.3 Å². The third kappa shape index (κ3) is 2.09. The van der Waals surface area contributed by atoms with Gasteiger partial charge < -0.3 is 10.5 Å². The third-order valence-corrected chi connectivity index (χ3v) is 2.99. The Labute approximate surface area is 117 Å². The summed E-state index contributed by atoms with van der Waals surface area (Å²) >= 11 is 1.38. The largest absolute Gasteiger partial charge is 0.480 e. The van der Waals surface area contributed by atoms with Crippen molar-refractivity contribution in [3.63, 3.8) is 0 Å². The molecule has 0 aliphatic rings. The summed E-state index contributed by atoms with van der Waals surface area (Å²) in [6.07, 6.45) is 4.89. The molecule has 3 heterocycles. The molecule has 0 unspecified atom stereocenters. The van der Waals surface area contributed by atoms with Crippen LogP contribution in [0, 0.1) is 0 Å². The second-order valence-electron chi connectivity index (χ2n) is 3.66. The van der Waals surface area contributed by atoms with Gasteiger partial charge in [0.05, 0.1) is 19.5 Å². The fourth-order valence-electron chi connectivity index (χ4n) is 1.54. The highest BCUT2D eigenvalue weighted by Gasteiger charge is 2.13. The van der Waals surface area contributed by atoms with Crippen LogP contribution in [0.4, 0.5) is 5.95 Å². The summed E-state index contributed by atoms with van der Waals surface area (Å²) in [5.41, 5.74) is 6.29. The molecule has 10 heteroatoms. The average Bonchev–Trinajstić information content (AvgIpc) is 2.92. The van der Waals surface area contributed by atoms with Crippen LogP contribution in [0.1, 0.15) is 0 Å². The number of hydrogen-bond acceptors (Lipinski definition) is 9. The summed E-state index contributed by atoms with van der Waals surface area (Å²) in [7, 11) is 1.51. The van der Waals surface area contributed by atoms with Crippen molar-refractivity contribution < 1.29 is 4.74 Å². The van der Waals surface area contributed by atoms with Gasteiger partial charge in [0.25, 0.3) is 5.78 Å². The minimum Gasteiger partial charge on any atom is -0.480 e. The van der Waals surface area contributed by atoms with Crippen LogP contribution in [0.2, 0.25) is 0 Å². The zero-order chi connectivity index (χ0) is 14.1. The number of anilines is 1. The summed E-state index contributed by atoms with van der Waals surface area (Å²) in [5.74, 6) is 1.32. The van der Waals surface area contributed by atoms with Gasteiger partial charge in [0.15, 0.2) is 5.16 Å². The summed E-state index contributed by atoms with van der Waals surface area (Å²) < 4.78 is 6.38. The molecular weight excluding hydrogens is 280 g/mol. The SMILES string of the molecule is COc1cncc(-c2nc3nc(SC)nc(N)n3n2)n1. The molecule has 3 rings (SSSR count). The number of ether oxygens (including phenoxy) is 1. The first-order chi connectivity index (χ1) is 9.71. The van der Waals surface area contributed by atoms with E-state index in [0.29, 0.717) is 28.3 Å². The number of aromatic nitrogens is 7. The maximum absolute atomic E-state index is 5.82. The van der Waals surface area contributed by atoms with Crippen molar-refractivity contribution >= 4 is 23.5 Å². The smallest absolute Gasteiger partial charge is 0.258 e. The van der Waals surface area contributed by atoms with E-state index in [1.807, 2.05) is 6.26 Å². The number of hydrogen-bond donors (Lipinski definition) is 1. The highest BCUT2D eigenvalue weighted by atomic mass is 32.2. The van der Waals surface area contributed by atoms with Gasteiger partial charge in [-0.1, -0.05) is 11.8 Å². The summed E-state index contributed by atoms with van der Waals surface area (Å²) in [6, 6.07) is 0. The molecule has 0 amide bonds. The Bertz CT molecular complexity index is 773. The van der Waals surface area contributed by atoms with Crippen LogP contribution >= 0.6 is 11.8 Å². The fraction of sp³-hybridized carbons (Fsp3) is 0.200.